The van der Waals surface area contributed by atoms with E-state index in [0.717, 1.165) is 25.7 Å². The molecule has 7 heteroatoms. The second-order valence-corrected chi connectivity index (χ2v) is 10.7. The number of rotatable bonds is 2. The summed E-state index contributed by atoms with van der Waals surface area (Å²) in [5, 5.41) is 0.384. The molecular formula is C25H36ClNO5. The molecule has 32 heavy (non-hydrogen) atoms. The topological polar surface area (TPSA) is 81.9 Å². The summed E-state index contributed by atoms with van der Waals surface area (Å²) in [7, 11) is 0. The summed E-state index contributed by atoms with van der Waals surface area (Å²) in [6.07, 6.45) is 8.15. The second-order valence-electron chi connectivity index (χ2n) is 10.3. The Balaban J connectivity index is 1.76. The van der Waals surface area contributed by atoms with Crippen molar-refractivity contribution in [3.05, 3.63) is 22.9 Å². The third-order valence-corrected chi connectivity index (χ3v) is 7.26. The fourth-order valence-corrected chi connectivity index (χ4v) is 4.58. The lowest BCUT2D eigenvalue weighted by Gasteiger charge is -2.25. The number of aryl methyl sites for hydroxylation is 1. The molecule has 4 atom stereocenters. The van der Waals surface area contributed by atoms with Gasteiger partial charge in [-0.2, -0.15) is 0 Å². The quantitative estimate of drug-likeness (QED) is 0.393. The molecule has 0 amide bonds. The fraction of sp³-hybridized carbons (Fsp3) is 0.720. The molecule has 2 saturated heterocycles. The number of esters is 1. The highest BCUT2D eigenvalue weighted by atomic mass is 35.5. The third-order valence-electron chi connectivity index (χ3n) is 6.91. The van der Waals surface area contributed by atoms with Crippen molar-refractivity contribution in [1.82, 2.24) is 4.98 Å². The number of ether oxygens (including phenoxy) is 2. The van der Waals surface area contributed by atoms with Gasteiger partial charge in [0.05, 0.1) is 16.7 Å². The summed E-state index contributed by atoms with van der Waals surface area (Å²) in [6, 6.07) is 0. The first-order valence-corrected chi connectivity index (χ1v) is 12.1. The van der Waals surface area contributed by atoms with Crippen molar-refractivity contribution < 1.29 is 23.5 Å². The number of fused-ring (bicyclic) bond motifs is 1. The second kappa shape index (κ2) is 10.1. The molecular weight excluding hydrogens is 430 g/mol. The monoisotopic (exact) mass is 465 g/mol. The van der Waals surface area contributed by atoms with E-state index < -0.39 is 11.5 Å². The van der Waals surface area contributed by atoms with Gasteiger partial charge in [0.25, 0.3) is 0 Å². The zero-order valence-electron chi connectivity index (χ0n) is 19.9. The van der Waals surface area contributed by atoms with Gasteiger partial charge in [0.2, 0.25) is 0 Å². The number of hydrogen-bond acceptors (Lipinski definition) is 6. The first-order valence-electron chi connectivity index (χ1n) is 11.7. The van der Waals surface area contributed by atoms with E-state index in [9.17, 15) is 9.59 Å². The summed E-state index contributed by atoms with van der Waals surface area (Å²) >= 11 is 6.59. The lowest BCUT2D eigenvalue weighted by molar-refractivity contribution is -0.148. The number of oxazole rings is 1. The van der Waals surface area contributed by atoms with Crippen molar-refractivity contribution in [2.75, 3.05) is 0 Å². The van der Waals surface area contributed by atoms with Crippen LogP contribution in [0.3, 0.4) is 0 Å². The van der Waals surface area contributed by atoms with Crippen LogP contribution >= 0.6 is 11.6 Å². The maximum absolute atomic E-state index is 12.8. The Hall–Kier alpha value is -1.66. The Labute approximate surface area is 196 Å². The number of Topliss-reactive ketones (excluding diaryl/α,β-unsaturated/α-hetero) is 1. The Morgan fingerprint density at radius 1 is 1.19 bits per heavy atom. The summed E-state index contributed by atoms with van der Waals surface area (Å²) in [5.41, 5.74) is -0.196. The number of halogens is 1. The summed E-state index contributed by atoms with van der Waals surface area (Å²) < 4.78 is 17.1. The Bertz CT molecular complexity index is 860. The fourth-order valence-electron chi connectivity index (χ4n) is 4.33. The van der Waals surface area contributed by atoms with Gasteiger partial charge in [0, 0.05) is 31.6 Å². The molecule has 4 unspecified atom stereocenters. The molecule has 0 spiro atoms. The molecule has 0 saturated carbocycles. The minimum atomic E-state index is -0.626. The van der Waals surface area contributed by atoms with Crippen molar-refractivity contribution in [1.29, 1.82) is 0 Å². The van der Waals surface area contributed by atoms with Crippen molar-refractivity contribution in [2.24, 2.45) is 11.3 Å². The highest BCUT2D eigenvalue weighted by Crippen LogP contribution is 2.45. The van der Waals surface area contributed by atoms with Crippen molar-refractivity contribution in [3.63, 3.8) is 0 Å². The van der Waals surface area contributed by atoms with Crippen LogP contribution in [0, 0.1) is 18.3 Å². The number of epoxide rings is 1. The molecule has 1 aromatic rings. The van der Waals surface area contributed by atoms with Crippen molar-refractivity contribution in [3.8, 4) is 0 Å². The van der Waals surface area contributed by atoms with Crippen LogP contribution in [0.1, 0.15) is 90.6 Å². The maximum Gasteiger partial charge on any atom is 0.306 e. The minimum absolute atomic E-state index is 0.0114. The standard InChI is InChI=1S/C25H36ClNO5/c1-16-7-6-11-25(5)22(32-25)14-20(19(26)13-18-15-30-17(2)27-18)31-23(29)10-12-24(3,4)21(28)9-8-16/h13,15-16,20,22H,6-12,14H2,1-5H3. The molecule has 0 radical (unpaired) electrons. The molecule has 2 aliphatic rings. The van der Waals surface area contributed by atoms with Crippen LogP contribution in [0.25, 0.3) is 6.08 Å². The van der Waals surface area contributed by atoms with Crippen LogP contribution in [-0.2, 0) is 19.1 Å². The van der Waals surface area contributed by atoms with Crippen LogP contribution in [-0.4, -0.2) is 34.5 Å². The van der Waals surface area contributed by atoms with E-state index in [2.05, 4.69) is 18.8 Å². The van der Waals surface area contributed by atoms with E-state index in [-0.39, 0.29) is 29.9 Å². The van der Waals surface area contributed by atoms with Gasteiger partial charge in [-0.05, 0) is 38.2 Å². The van der Waals surface area contributed by atoms with Gasteiger partial charge < -0.3 is 13.9 Å². The average molecular weight is 466 g/mol. The average Bonchev–Trinajstić information content (AvgIpc) is 3.16. The maximum atomic E-state index is 12.8. The highest BCUT2D eigenvalue weighted by Gasteiger charge is 2.52. The minimum Gasteiger partial charge on any atom is -0.456 e. The van der Waals surface area contributed by atoms with Crippen molar-refractivity contribution in [2.45, 2.75) is 104 Å². The number of carbonyl (C=O) groups is 2. The lowest BCUT2D eigenvalue weighted by Crippen LogP contribution is -2.28. The Kier molecular flexibility index (Phi) is 7.87. The van der Waals surface area contributed by atoms with Gasteiger partial charge in [0.15, 0.2) is 5.89 Å². The molecule has 0 aromatic carbocycles. The highest BCUT2D eigenvalue weighted by molar-refractivity contribution is 6.32. The first kappa shape index (κ1) is 25.0. The summed E-state index contributed by atoms with van der Waals surface area (Å²) in [6.45, 7) is 9.90. The molecule has 6 nitrogen and oxygen atoms in total. The third kappa shape index (κ3) is 6.67. The molecule has 2 aliphatic heterocycles. The summed E-state index contributed by atoms with van der Waals surface area (Å²) in [4.78, 5) is 29.7. The van der Waals surface area contributed by atoms with Crippen LogP contribution in [0.4, 0.5) is 0 Å². The van der Waals surface area contributed by atoms with Gasteiger partial charge in [-0.25, -0.2) is 4.98 Å². The van der Waals surface area contributed by atoms with Crippen molar-refractivity contribution >= 4 is 29.4 Å². The first-order chi connectivity index (χ1) is 15.0. The van der Waals surface area contributed by atoms with Crippen LogP contribution in [0.15, 0.2) is 15.7 Å². The molecule has 0 N–H and O–H groups in total. The Morgan fingerprint density at radius 3 is 2.62 bits per heavy atom. The molecule has 0 bridgehead atoms. The number of ketones is 1. The predicted molar refractivity (Wildman–Crippen MR) is 123 cm³/mol. The predicted octanol–water partition coefficient (Wildman–Crippen LogP) is 6.00. The van der Waals surface area contributed by atoms with E-state index in [1.165, 1.54) is 6.26 Å². The van der Waals surface area contributed by atoms with E-state index in [1.807, 2.05) is 13.8 Å². The number of aromatic nitrogens is 1. The SMILES string of the molecule is Cc1nc(C=C(Cl)C2CC3OC3(C)CCCC(C)CCC(=O)C(C)(C)CCC(=O)O2)co1. The number of nitrogens with zero attached hydrogens (tertiary/aromatic N) is 1. The zero-order valence-corrected chi connectivity index (χ0v) is 20.7. The lowest BCUT2D eigenvalue weighted by atomic mass is 9.80. The van der Waals surface area contributed by atoms with Gasteiger partial charge in [-0.3, -0.25) is 9.59 Å². The van der Waals surface area contributed by atoms with E-state index in [4.69, 9.17) is 25.5 Å². The van der Waals surface area contributed by atoms with E-state index in [1.54, 1.807) is 13.0 Å². The van der Waals surface area contributed by atoms with Gasteiger partial charge in [-0.15, -0.1) is 0 Å². The van der Waals surface area contributed by atoms with Crippen LogP contribution in [0.2, 0.25) is 0 Å². The zero-order chi connectivity index (χ0) is 23.5. The molecule has 2 fully saturated rings. The van der Waals surface area contributed by atoms with Crippen LogP contribution in [0.5, 0.6) is 0 Å². The van der Waals surface area contributed by atoms with E-state index >= 15 is 0 Å². The number of cyclic esters (lactones) is 1. The van der Waals surface area contributed by atoms with E-state index in [0.29, 0.717) is 41.8 Å². The Morgan fingerprint density at radius 2 is 1.94 bits per heavy atom. The summed E-state index contributed by atoms with van der Waals surface area (Å²) in [5.74, 6) is 0.874. The van der Waals surface area contributed by atoms with Gasteiger partial charge in [0.1, 0.15) is 23.8 Å². The molecule has 1 aromatic heterocycles. The molecule has 3 rings (SSSR count). The normalized spacial score (nSPS) is 32.8. The molecule has 0 aliphatic carbocycles. The molecule has 178 valence electrons. The van der Waals surface area contributed by atoms with Crippen LogP contribution < -0.4 is 0 Å². The molecule has 3 heterocycles. The smallest absolute Gasteiger partial charge is 0.306 e. The number of hydrogen-bond donors (Lipinski definition) is 0. The largest absolute Gasteiger partial charge is 0.456 e. The van der Waals surface area contributed by atoms with Gasteiger partial charge in [-0.1, -0.05) is 45.2 Å². The number of carbonyl (C=O) groups excluding carboxylic acids is 2. The van der Waals surface area contributed by atoms with Gasteiger partial charge >= 0.3 is 5.97 Å².